The van der Waals surface area contributed by atoms with E-state index in [1.165, 1.54) is 6.33 Å². The summed E-state index contributed by atoms with van der Waals surface area (Å²) in [5, 5.41) is 18.8. The summed E-state index contributed by atoms with van der Waals surface area (Å²) in [7, 11) is 0. The minimum absolute atomic E-state index is 0.0480. The number of alkyl halides is 3. The second-order valence-corrected chi connectivity index (χ2v) is 11.1. The number of anilines is 2. The number of hydrogen-bond donors (Lipinski definition) is 1. The molecule has 1 unspecified atom stereocenters. The first kappa shape index (κ1) is 30.0. The first-order valence-electron chi connectivity index (χ1n) is 14.1. The molecule has 0 spiro atoms. The monoisotopic (exact) mass is 634 g/mol. The van der Waals surface area contributed by atoms with Crippen molar-refractivity contribution in [3.63, 3.8) is 0 Å². The van der Waals surface area contributed by atoms with Gasteiger partial charge in [0.25, 0.3) is 5.88 Å². The summed E-state index contributed by atoms with van der Waals surface area (Å²) in [6.07, 6.45) is 3.22. The third-order valence-corrected chi connectivity index (χ3v) is 7.73. The SMILES string of the molecule is CC(Cn1cnnn1)Oc1cc(-c2cnc(Nc3cn(C4CC(N5CCOCC5)C4)nc3OCC(F)(F)F)nc2)ccc1Cl. The van der Waals surface area contributed by atoms with Crippen molar-refractivity contribution in [2.75, 3.05) is 38.2 Å². The molecule has 1 aliphatic heterocycles. The maximum absolute atomic E-state index is 13.0. The van der Waals surface area contributed by atoms with Crippen LogP contribution in [0.1, 0.15) is 25.8 Å². The van der Waals surface area contributed by atoms with Gasteiger partial charge in [-0.25, -0.2) is 14.6 Å². The normalized spacial score (nSPS) is 19.8. The molecule has 2 aliphatic rings. The molecule has 3 aromatic heterocycles. The van der Waals surface area contributed by atoms with Gasteiger partial charge in [-0.2, -0.15) is 13.2 Å². The van der Waals surface area contributed by atoms with E-state index in [2.05, 4.69) is 40.8 Å². The zero-order valence-electron chi connectivity index (χ0n) is 23.7. The highest BCUT2D eigenvalue weighted by molar-refractivity contribution is 6.32. The van der Waals surface area contributed by atoms with Crippen molar-refractivity contribution in [2.45, 2.75) is 50.7 Å². The van der Waals surface area contributed by atoms with E-state index in [1.54, 1.807) is 40.1 Å². The summed E-state index contributed by atoms with van der Waals surface area (Å²) in [5.41, 5.74) is 1.68. The van der Waals surface area contributed by atoms with Crippen molar-refractivity contribution in [3.8, 4) is 22.8 Å². The van der Waals surface area contributed by atoms with Gasteiger partial charge in [0, 0.05) is 37.1 Å². The lowest BCUT2D eigenvalue weighted by Crippen LogP contribution is -2.50. The number of benzene rings is 1. The van der Waals surface area contributed by atoms with Gasteiger partial charge in [0.1, 0.15) is 23.9 Å². The summed E-state index contributed by atoms with van der Waals surface area (Å²) < 4.78 is 58.6. The minimum atomic E-state index is -4.51. The highest BCUT2D eigenvalue weighted by Gasteiger charge is 2.37. The third kappa shape index (κ3) is 7.36. The van der Waals surface area contributed by atoms with Gasteiger partial charge in [0.15, 0.2) is 6.61 Å². The van der Waals surface area contributed by atoms with Crippen molar-refractivity contribution in [1.29, 1.82) is 0 Å². The van der Waals surface area contributed by atoms with Crippen LogP contribution < -0.4 is 14.8 Å². The van der Waals surface area contributed by atoms with Crippen LogP contribution in [0.25, 0.3) is 11.1 Å². The molecule has 4 aromatic rings. The Kier molecular flexibility index (Phi) is 8.81. The summed E-state index contributed by atoms with van der Waals surface area (Å²) >= 11 is 6.37. The van der Waals surface area contributed by atoms with Crippen LogP contribution in [0.5, 0.6) is 11.6 Å². The molecule has 1 saturated heterocycles. The Bertz CT molecular complexity index is 1530. The fourth-order valence-electron chi connectivity index (χ4n) is 5.14. The standard InChI is InChI=1S/C27H30ClF3N10O3/c1-17(13-40-16-34-37-38-40)44-24-8-18(2-3-22(24)28)19-11-32-26(33-12-19)35-23-14-41(36-25(23)43-15-27(29,30)31)21-9-20(10-21)39-4-6-42-7-5-39/h2-3,8,11-12,14,16-17,20-21H,4-7,9-10,13,15H2,1H3,(H,32,33,35). The fourth-order valence-corrected chi connectivity index (χ4v) is 5.30. The van der Waals surface area contributed by atoms with Crippen molar-refractivity contribution >= 4 is 23.2 Å². The molecule has 1 atom stereocenters. The number of nitrogens with zero attached hydrogens (tertiary/aromatic N) is 9. The first-order chi connectivity index (χ1) is 21.2. The molecular formula is C27H30ClF3N10O3. The molecule has 1 aliphatic carbocycles. The number of morpholine rings is 1. The topological polar surface area (TPSA) is 130 Å². The van der Waals surface area contributed by atoms with E-state index in [1.807, 2.05) is 13.0 Å². The number of aromatic nitrogens is 8. The van der Waals surface area contributed by atoms with E-state index in [9.17, 15) is 13.2 Å². The fraction of sp³-hybridized carbons (Fsp3) is 0.481. The molecule has 13 nitrogen and oxygen atoms in total. The van der Waals surface area contributed by atoms with E-state index in [0.29, 0.717) is 42.1 Å². The van der Waals surface area contributed by atoms with Gasteiger partial charge in [-0.3, -0.25) is 9.58 Å². The van der Waals surface area contributed by atoms with Crippen LogP contribution in [-0.4, -0.2) is 96.1 Å². The van der Waals surface area contributed by atoms with Crippen molar-refractivity contribution < 1.29 is 27.4 Å². The first-order valence-corrected chi connectivity index (χ1v) is 14.4. The lowest BCUT2D eigenvalue weighted by atomic mass is 9.85. The third-order valence-electron chi connectivity index (χ3n) is 7.42. The predicted molar refractivity (Wildman–Crippen MR) is 152 cm³/mol. The molecule has 1 N–H and O–H groups in total. The second-order valence-electron chi connectivity index (χ2n) is 10.7. The average Bonchev–Trinajstić information content (AvgIpc) is 3.63. The van der Waals surface area contributed by atoms with Crippen LogP contribution in [-0.2, 0) is 11.3 Å². The molecule has 0 radical (unpaired) electrons. The largest absolute Gasteiger partial charge is 0.487 e. The van der Waals surface area contributed by atoms with Gasteiger partial charge in [-0.1, -0.05) is 17.7 Å². The Hall–Kier alpha value is -4.02. The summed E-state index contributed by atoms with van der Waals surface area (Å²) in [5.74, 6) is 0.475. The highest BCUT2D eigenvalue weighted by atomic mass is 35.5. The number of ether oxygens (including phenoxy) is 3. The lowest BCUT2D eigenvalue weighted by molar-refractivity contribution is -0.154. The number of hydrogen-bond acceptors (Lipinski definition) is 11. The summed E-state index contributed by atoms with van der Waals surface area (Å²) in [6.45, 7) is 4.01. The Morgan fingerprint density at radius 2 is 1.89 bits per heavy atom. The van der Waals surface area contributed by atoms with E-state index in [4.69, 9.17) is 25.8 Å². The van der Waals surface area contributed by atoms with Crippen LogP contribution in [0.3, 0.4) is 0 Å². The maximum Gasteiger partial charge on any atom is 0.422 e. The van der Waals surface area contributed by atoms with E-state index >= 15 is 0 Å². The number of rotatable bonds is 11. The molecule has 234 valence electrons. The number of halogens is 4. The maximum atomic E-state index is 13.0. The van der Waals surface area contributed by atoms with E-state index in [-0.39, 0.29) is 29.7 Å². The van der Waals surface area contributed by atoms with Gasteiger partial charge in [-0.15, -0.1) is 10.2 Å². The Balaban J connectivity index is 1.13. The summed E-state index contributed by atoms with van der Waals surface area (Å²) in [6, 6.07) is 5.74. The molecular weight excluding hydrogens is 605 g/mol. The minimum Gasteiger partial charge on any atom is -0.487 e. The molecule has 1 aromatic carbocycles. The van der Waals surface area contributed by atoms with Crippen molar-refractivity contribution in [2.24, 2.45) is 0 Å². The molecule has 1 saturated carbocycles. The zero-order chi connectivity index (χ0) is 30.7. The van der Waals surface area contributed by atoms with Gasteiger partial charge >= 0.3 is 6.18 Å². The molecule has 44 heavy (non-hydrogen) atoms. The van der Waals surface area contributed by atoms with Crippen LogP contribution in [0, 0.1) is 0 Å². The molecule has 17 heteroatoms. The van der Waals surface area contributed by atoms with Gasteiger partial charge in [0.05, 0.1) is 37.0 Å². The number of tetrazole rings is 1. The molecule has 0 bridgehead atoms. The van der Waals surface area contributed by atoms with Crippen LogP contribution in [0.4, 0.5) is 24.8 Å². The number of nitrogens with one attached hydrogen (secondary N) is 1. The highest BCUT2D eigenvalue weighted by Crippen LogP contribution is 2.39. The average molecular weight is 635 g/mol. The van der Waals surface area contributed by atoms with Crippen molar-refractivity contribution in [3.05, 3.63) is 48.1 Å². The smallest absolute Gasteiger partial charge is 0.422 e. The molecule has 0 amide bonds. The molecule has 2 fully saturated rings. The quantitative estimate of drug-likeness (QED) is 0.255. The molecule has 4 heterocycles. The van der Waals surface area contributed by atoms with Gasteiger partial charge < -0.3 is 19.5 Å². The van der Waals surface area contributed by atoms with Crippen LogP contribution >= 0.6 is 11.6 Å². The summed E-state index contributed by atoms with van der Waals surface area (Å²) in [4.78, 5) is 11.1. The lowest BCUT2D eigenvalue weighted by Gasteiger charge is -2.44. The van der Waals surface area contributed by atoms with Crippen LogP contribution in [0.15, 0.2) is 43.1 Å². The predicted octanol–water partition coefficient (Wildman–Crippen LogP) is 4.17. The second kappa shape index (κ2) is 12.9. The van der Waals surface area contributed by atoms with E-state index < -0.39 is 12.8 Å². The van der Waals surface area contributed by atoms with Crippen LogP contribution in [0.2, 0.25) is 5.02 Å². The van der Waals surface area contributed by atoms with Crippen molar-refractivity contribution in [1.82, 2.24) is 44.9 Å². The van der Waals surface area contributed by atoms with E-state index in [0.717, 1.165) is 31.5 Å². The van der Waals surface area contributed by atoms with Gasteiger partial charge in [-0.05, 0) is 47.9 Å². The molecule has 6 rings (SSSR count). The van der Waals surface area contributed by atoms with Gasteiger partial charge in [0.2, 0.25) is 5.95 Å². The zero-order valence-corrected chi connectivity index (χ0v) is 24.4. The Labute approximate surface area is 255 Å². The Morgan fingerprint density at radius 3 is 2.59 bits per heavy atom. The Morgan fingerprint density at radius 1 is 1.11 bits per heavy atom.